The number of sulfonamides is 1. The summed E-state index contributed by atoms with van der Waals surface area (Å²) in [6.07, 6.45) is 1.20. The van der Waals surface area contributed by atoms with E-state index in [-0.39, 0.29) is 41.1 Å². The number of nitrogens with two attached hydrogens (primary N) is 1. The Morgan fingerprint density at radius 2 is 1.90 bits per heavy atom. The minimum Gasteiger partial charge on any atom is -0.343 e. The van der Waals surface area contributed by atoms with E-state index >= 15 is 0 Å². The molecule has 1 amide bonds. The van der Waals surface area contributed by atoms with E-state index in [9.17, 15) is 17.6 Å². The lowest BCUT2D eigenvalue weighted by Crippen LogP contribution is -2.26. The van der Waals surface area contributed by atoms with E-state index in [1.165, 1.54) is 41.9 Å². The van der Waals surface area contributed by atoms with E-state index < -0.39 is 21.8 Å². The van der Waals surface area contributed by atoms with Crippen molar-refractivity contribution < 1.29 is 17.6 Å². The van der Waals surface area contributed by atoms with Gasteiger partial charge in [-0.15, -0.1) is 12.4 Å². The third-order valence-corrected chi connectivity index (χ3v) is 6.65. The molecule has 1 aromatic heterocycles. The van der Waals surface area contributed by atoms with Crippen LogP contribution in [0.2, 0.25) is 5.02 Å². The number of aromatic nitrogens is 2. The number of carbonyl (C=O) groups excluding carboxylic acids is 1. The summed E-state index contributed by atoms with van der Waals surface area (Å²) in [7, 11) is 2.10. The van der Waals surface area contributed by atoms with Crippen LogP contribution in [0.25, 0.3) is 11.1 Å². The van der Waals surface area contributed by atoms with Crippen LogP contribution in [0.5, 0.6) is 0 Å². The predicted molar refractivity (Wildman–Crippen MR) is 122 cm³/mol. The number of hydrogen-bond acceptors (Lipinski definition) is 5. The summed E-state index contributed by atoms with van der Waals surface area (Å²) in [5, 5.41) is 4.37. The van der Waals surface area contributed by atoms with Crippen molar-refractivity contribution in [2.45, 2.75) is 18.4 Å². The van der Waals surface area contributed by atoms with Crippen molar-refractivity contribution in [3.05, 3.63) is 46.5 Å². The third kappa shape index (κ3) is 5.64. The standard InChI is InChI=1S/C19H25ClFN5O3S.ClH/c1-12-17(13-6-7-15(20)16(10-13)30(28,29)25(4)5)18(19(27)24(2)3)26(23-12)11-14(21)8-9-22;/h6-8,10H,9,11,22H2,1-5H3;1H/b14-8-;. The minimum absolute atomic E-state index is 0. The fourth-order valence-corrected chi connectivity index (χ4v) is 4.25. The van der Waals surface area contributed by atoms with E-state index in [0.29, 0.717) is 16.8 Å². The Hall–Kier alpha value is -1.98. The van der Waals surface area contributed by atoms with E-state index in [2.05, 4.69) is 5.10 Å². The first-order valence-corrected chi connectivity index (χ1v) is 10.8. The molecular weight excluding hydrogens is 468 g/mol. The van der Waals surface area contributed by atoms with Crippen molar-refractivity contribution in [1.82, 2.24) is 19.0 Å². The predicted octanol–water partition coefficient (Wildman–Crippen LogP) is 2.70. The van der Waals surface area contributed by atoms with Crippen LogP contribution in [0.3, 0.4) is 0 Å². The summed E-state index contributed by atoms with van der Waals surface area (Å²) in [5.41, 5.74) is 6.76. The molecular formula is C19H26Cl2FN5O3S. The van der Waals surface area contributed by atoms with Gasteiger partial charge >= 0.3 is 0 Å². The zero-order valence-electron chi connectivity index (χ0n) is 17.9. The molecule has 0 radical (unpaired) electrons. The van der Waals surface area contributed by atoms with Crippen LogP contribution in [-0.4, -0.2) is 68.0 Å². The molecule has 12 heteroatoms. The van der Waals surface area contributed by atoms with Gasteiger partial charge in [-0.05, 0) is 30.7 Å². The normalized spacial score (nSPS) is 12.1. The van der Waals surface area contributed by atoms with Gasteiger partial charge in [0.25, 0.3) is 5.91 Å². The molecule has 2 rings (SSSR count). The van der Waals surface area contributed by atoms with Gasteiger partial charge in [-0.1, -0.05) is 17.7 Å². The van der Waals surface area contributed by atoms with Gasteiger partial charge in [0.05, 0.1) is 17.3 Å². The van der Waals surface area contributed by atoms with E-state index in [1.807, 2.05) is 0 Å². The van der Waals surface area contributed by atoms with Crippen molar-refractivity contribution in [3.8, 4) is 11.1 Å². The zero-order valence-corrected chi connectivity index (χ0v) is 20.3. The molecule has 0 unspecified atom stereocenters. The molecule has 8 nitrogen and oxygen atoms in total. The molecule has 0 spiro atoms. The Bertz CT molecular complexity index is 1100. The fourth-order valence-electron chi connectivity index (χ4n) is 2.86. The van der Waals surface area contributed by atoms with Crippen molar-refractivity contribution in [1.29, 1.82) is 0 Å². The number of halogens is 3. The second kappa shape index (κ2) is 10.6. The van der Waals surface area contributed by atoms with Crippen LogP contribution in [-0.2, 0) is 16.6 Å². The molecule has 0 aliphatic heterocycles. The lowest BCUT2D eigenvalue weighted by atomic mass is 10.0. The lowest BCUT2D eigenvalue weighted by Gasteiger charge is -2.16. The molecule has 0 atom stereocenters. The van der Waals surface area contributed by atoms with Crippen LogP contribution in [0, 0.1) is 6.92 Å². The number of allylic oxidation sites excluding steroid dienone is 1. The quantitative estimate of drug-likeness (QED) is 0.638. The molecule has 0 saturated carbocycles. The molecule has 1 aromatic carbocycles. The average Bonchev–Trinajstić information content (AvgIpc) is 2.96. The molecule has 0 bridgehead atoms. The molecule has 2 aromatic rings. The van der Waals surface area contributed by atoms with Crippen molar-refractivity contribution >= 4 is 39.9 Å². The maximum Gasteiger partial charge on any atom is 0.272 e. The Kier molecular flexibility index (Phi) is 9.21. The topological polar surface area (TPSA) is 102 Å². The van der Waals surface area contributed by atoms with Crippen molar-refractivity contribution in [2.24, 2.45) is 5.73 Å². The van der Waals surface area contributed by atoms with Crippen molar-refractivity contribution in [2.75, 3.05) is 34.7 Å². The van der Waals surface area contributed by atoms with Gasteiger partial charge in [0.15, 0.2) is 0 Å². The maximum absolute atomic E-state index is 14.1. The second-order valence-corrected chi connectivity index (χ2v) is 9.51. The summed E-state index contributed by atoms with van der Waals surface area (Å²) in [4.78, 5) is 14.2. The number of nitrogens with zero attached hydrogens (tertiary/aromatic N) is 4. The van der Waals surface area contributed by atoms with E-state index in [1.54, 1.807) is 27.1 Å². The molecule has 1 heterocycles. The molecule has 0 fully saturated rings. The summed E-state index contributed by atoms with van der Waals surface area (Å²) in [6, 6.07) is 4.44. The molecule has 31 heavy (non-hydrogen) atoms. The summed E-state index contributed by atoms with van der Waals surface area (Å²) < 4.78 is 41.7. The number of amides is 1. The largest absolute Gasteiger partial charge is 0.343 e. The molecule has 0 saturated heterocycles. The SMILES string of the molecule is Cc1nn(C/C(F)=C/CN)c(C(=O)N(C)C)c1-c1ccc(Cl)c(S(=O)(=O)N(C)C)c1.Cl. The smallest absolute Gasteiger partial charge is 0.272 e. The number of rotatable bonds is 7. The number of carbonyl (C=O) groups is 1. The highest BCUT2D eigenvalue weighted by Gasteiger charge is 2.27. The van der Waals surface area contributed by atoms with Gasteiger partial charge in [0.2, 0.25) is 10.0 Å². The third-order valence-electron chi connectivity index (χ3n) is 4.35. The summed E-state index contributed by atoms with van der Waals surface area (Å²) in [5.74, 6) is -0.940. The molecule has 172 valence electrons. The van der Waals surface area contributed by atoms with Crippen LogP contribution in [0.1, 0.15) is 16.2 Å². The summed E-state index contributed by atoms with van der Waals surface area (Å²) >= 11 is 6.14. The van der Waals surface area contributed by atoms with Gasteiger partial charge in [-0.2, -0.15) is 5.10 Å². The highest BCUT2D eigenvalue weighted by atomic mass is 35.5. The monoisotopic (exact) mass is 493 g/mol. The molecule has 0 aliphatic carbocycles. The van der Waals surface area contributed by atoms with Crippen LogP contribution < -0.4 is 5.73 Å². The van der Waals surface area contributed by atoms with Crippen LogP contribution >= 0.6 is 24.0 Å². The Balaban J connectivity index is 0.00000480. The first kappa shape index (κ1) is 27.1. The Morgan fingerprint density at radius 1 is 1.29 bits per heavy atom. The lowest BCUT2D eigenvalue weighted by molar-refractivity contribution is 0.0816. The Morgan fingerprint density at radius 3 is 2.42 bits per heavy atom. The maximum atomic E-state index is 14.1. The van der Waals surface area contributed by atoms with Gasteiger partial charge < -0.3 is 10.6 Å². The van der Waals surface area contributed by atoms with Gasteiger partial charge in [-0.3, -0.25) is 9.48 Å². The first-order valence-electron chi connectivity index (χ1n) is 8.97. The fraction of sp³-hybridized carbons (Fsp3) is 0.368. The zero-order chi connectivity index (χ0) is 22.8. The van der Waals surface area contributed by atoms with Crippen LogP contribution in [0.15, 0.2) is 35.0 Å². The summed E-state index contributed by atoms with van der Waals surface area (Å²) in [6.45, 7) is 1.40. The first-order chi connectivity index (χ1) is 13.9. The molecule has 0 aliphatic rings. The van der Waals surface area contributed by atoms with Gasteiger partial charge in [0, 0.05) is 40.3 Å². The Labute approximate surface area is 192 Å². The van der Waals surface area contributed by atoms with Crippen LogP contribution in [0.4, 0.5) is 4.39 Å². The van der Waals surface area contributed by atoms with E-state index in [4.69, 9.17) is 17.3 Å². The van der Waals surface area contributed by atoms with Crippen molar-refractivity contribution in [3.63, 3.8) is 0 Å². The minimum atomic E-state index is -3.82. The van der Waals surface area contributed by atoms with Gasteiger partial charge in [0.1, 0.15) is 16.4 Å². The van der Waals surface area contributed by atoms with E-state index in [0.717, 1.165) is 4.31 Å². The second-order valence-electron chi connectivity index (χ2n) is 6.99. The highest BCUT2D eigenvalue weighted by Crippen LogP contribution is 2.34. The number of hydrogen-bond donors (Lipinski definition) is 1. The molecule has 2 N–H and O–H groups in total. The van der Waals surface area contributed by atoms with Gasteiger partial charge in [-0.25, -0.2) is 17.1 Å². The number of benzene rings is 1. The average molecular weight is 494 g/mol. The number of aryl methyl sites for hydroxylation is 1. The highest BCUT2D eigenvalue weighted by molar-refractivity contribution is 7.89.